The molecule has 6 heteroatoms. The summed E-state index contributed by atoms with van der Waals surface area (Å²) in [6.07, 6.45) is 0.179. The van der Waals surface area contributed by atoms with Gasteiger partial charge in [-0.15, -0.1) is 11.3 Å². The first-order chi connectivity index (χ1) is 10.1. The molecule has 1 aromatic carbocycles. The number of ether oxygens (including phenoxy) is 1. The number of thiophene rings is 1. The van der Waals surface area contributed by atoms with Crippen LogP contribution in [0.2, 0.25) is 10.0 Å². The van der Waals surface area contributed by atoms with Crippen molar-refractivity contribution in [3.05, 3.63) is 50.6 Å². The van der Waals surface area contributed by atoms with E-state index >= 15 is 0 Å². The number of rotatable bonds is 6. The van der Waals surface area contributed by atoms with Crippen LogP contribution in [0.25, 0.3) is 0 Å². The summed E-state index contributed by atoms with van der Waals surface area (Å²) in [5, 5.41) is 5.58. The lowest BCUT2D eigenvalue weighted by molar-refractivity contribution is -0.127. The van der Waals surface area contributed by atoms with Crippen molar-refractivity contribution in [2.45, 2.75) is 19.4 Å². The van der Waals surface area contributed by atoms with Gasteiger partial charge in [0.05, 0.1) is 5.02 Å². The molecular weight excluding hydrogens is 329 g/mol. The van der Waals surface area contributed by atoms with Crippen LogP contribution in [0.3, 0.4) is 0 Å². The summed E-state index contributed by atoms with van der Waals surface area (Å²) >= 11 is 13.6. The molecule has 112 valence electrons. The lowest BCUT2D eigenvalue weighted by Gasteiger charge is -2.15. The van der Waals surface area contributed by atoms with Gasteiger partial charge in [0.25, 0.3) is 5.91 Å². The van der Waals surface area contributed by atoms with E-state index in [0.717, 1.165) is 6.42 Å². The number of halogens is 2. The van der Waals surface area contributed by atoms with Crippen LogP contribution < -0.4 is 10.1 Å². The van der Waals surface area contributed by atoms with Gasteiger partial charge in [0.2, 0.25) is 0 Å². The van der Waals surface area contributed by atoms with Crippen LogP contribution in [-0.2, 0) is 11.2 Å². The number of carbonyl (C=O) groups is 1. The summed E-state index contributed by atoms with van der Waals surface area (Å²) < 4.78 is 5.55. The van der Waals surface area contributed by atoms with Crippen molar-refractivity contribution >= 4 is 40.4 Å². The van der Waals surface area contributed by atoms with E-state index < -0.39 is 6.10 Å². The Morgan fingerprint density at radius 2 is 2.14 bits per heavy atom. The van der Waals surface area contributed by atoms with Gasteiger partial charge in [0, 0.05) is 11.4 Å². The molecule has 1 aromatic heterocycles. The molecule has 3 nitrogen and oxygen atoms in total. The first kappa shape index (κ1) is 16.1. The molecule has 0 aliphatic heterocycles. The molecule has 0 fully saturated rings. The molecule has 1 atom stereocenters. The normalized spacial score (nSPS) is 12.0. The molecule has 0 spiro atoms. The van der Waals surface area contributed by atoms with Crippen molar-refractivity contribution in [2.75, 3.05) is 6.54 Å². The zero-order chi connectivity index (χ0) is 15.2. The number of carbonyl (C=O) groups excluding carboxylic acids is 1. The third-order valence-electron chi connectivity index (χ3n) is 2.84. The number of amides is 1. The Kier molecular flexibility index (Phi) is 5.91. The van der Waals surface area contributed by atoms with Gasteiger partial charge < -0.3 is 10.1 Å². The minimum Gasteiger partial charge on any atom is -0.479 e. The largest absolute Gasteiger partial charge is 0.479 e. The van der Waals surface area contributed by atoms with Crippen LogP contribution in [0.4, 0.5) is 0 Å². The average Bonchev–Trinajstić information content (AvgIpc) is 2.97. The standard InChI is InChI=1S/C15H15Cl2NO2S/c1-10(20-13-6-2-5-12(16)14(13)17)15(19)18-8-7-11-4-3-9-21-11/h2-6,9-10H,7-8H2,1H3,(H,18,19)/t10-/m1/s1. The maximum Gasteiger partial charge on any atom is 0.260 e. The van der Waals surface area contributed by atoms with E-state index in [2.05, 4.69) is 5.32 Å². The molecule has 0 saturated heterocycles. The number of hydrogen-bond donors (Lipinski definition) is 1. The van der Waals surface area contributed by atoms with Crippen LogP contribution in [-0.4, -0.2) is 18.6 Å². The second-order valence-electron chi connectivity index (χ2n) is 4.43. The van der Waals surface area contributed by atoms with Crippen LogP contribution in [0, 0.1) is 0 Å². The zero-order valence-corrected chi connectivity index (χ0v) is 13.8. The lowest BCUT2D eigenvalue weighted by Crippen LogP contribution is -2.37. The Balaban J connectivity index is 1.83. The molecule has 2 aromatic rings. The molecule has 1 heterocycles. The van der Waals surface area contributed by atoms with Crippen molar-refractivity contribution in [2.24, 2.45) is 0 Å². The van der Waals surface area contributed by atoms with Gasteiger partial charge in [0.15, 0.2) is 6.10 Å². The van der Waals surface area contributed by atoms with Gasteiger partial charge in [0.1, 0.15) is 10.8 Å². The van der Waals surface area contributed by atoms with E-state index in [0.29, 0.717) is 22.3 Å². The Morgan fingerprint density at radius 3 is 2.86 bits per heavy atom. The summed E-state index contributed by atoms with van der Waals surface area (Å²) in [7, 11) is 0. The first-order valence-electron chi connectivity index (χ1n) is 6.48. The van der Waals surface area contributed by atoms with Gasteiger partial charge in [-0.05, 0) is 36.9 Å². The number of hydrogen-bond acceptors (Lipinski definition) is 3. The second kappa shape index (κ2) is 7.69. The summed E-state index contributed by atoms with van der Waals surface area (Å²) in [5.41, 5.74) is 0. The minimum atomic E-state index is -0.635. The van der Waals surface area contributed by atoms with E-state index in [1.807, 2.05) is 17.5 Å². The van der Waals surface area contributed by atoms with Crippen molar-refractivity contribution in [3.8, 4) is 5.75 Å². The van der Waals surface area contributed by atoms with Gasteiger partial charge >= 0.3 is 0 Å². The Morgan fingerprint density at radius 1 is 1.33 bits per heavy atom. The second-order valence-corrected chi connectivity index (χ2v) is 6.25. The van der Waals surface area contributed by atoms with Crippen LogP contribution >= 0.6 is 34.5 Å². The quantitative estimate of drug-likeness (QED) is 0.854. The highest BCUT2D eigenvalue weighted by molar-refractivity contribution is 7.09. The summed E-state index contributed by atoms with van der Waals surface area (Å²) in [6.45, 7) is 2.26. The van der Waals surface area contributed by atoms with Crippen molar-refractivity contribution in [1.29, 1.82) is 0 Å². The van der Waals surface area contributed by atoms with Crippen LogP contribution in [0.1, 0.15) is 11.8 Å². The Labute approximate surface area is 137 Å². The highest BCUT2D eigenvalue weighted by Gasteiger charge is 2.16. The summed E-state index contributed by atoms with van der Waals surface area (Å²) in [4.78, 5) is 13.2. The van der Waals surface area contributed by atoms with Crippen molar-refractivity contribution in [3.63, 3.8) is 0 Å². The van der Waals surface area contributed by atoms with E-state index in [-0.39, 0.29) is 5.91 Å². The molecule has 21 heavy (non-hydrogen) atoms. The molecule has 0 saturated carbocycles. The maximum atomic E-state index is 12.0. The molecule has 1 N–H and O–H groups in total. The fourth-order valence-electron chi connectivity index (χ4n) is 1.73. The SMILES string of the molecule is C[C@@H](Oc1cccc(Cl)c1Cl)C(=O)NCCc1cccs1. The minimum absolute atomic E-state index is 0.178. The molecule has 0 aliphatic carbocycles. The third kappa shape index (κ3) is 4.63. The topological polar surface area (TPSA) is 38.3 Å². The highest BCUT2D eigenvalue weighted by Crippen LogP contribution is 2.32. The van der Waals surface area contributed by atoms with Crippen molar-refractivity contribution in [1.82, 2.24) is 5.32 Å². The fourth-order valence-corrected chi connectivity index (χ4v) is 2.77. The predicted molar refractivity (Wildman–Crippen MR) is 87.6 cm³/mol. The van der Waals surface area contributed by atoms with E-state index in [1.165, 1.54) is 4.88 Å². The molecule has 0 unspecified atom stereocenters. The smallest absolute Gasteiger partial charge is 0.260 e. The van der Waals surface area contributed by atoms with E-state index in [9.17, 15) is 4.79 Å². The molecule has 0 aliphatic rings. The van der Waals surface area contributed by atoms with Gasteiger partial charge in [-0.1, -0.05) is 35.3 Å². The summed E-state index contributed by atoms with van der Waals surface area (Å²) in [6, 6.07) is 9.12. The van der Waals surface area contributed by atoms with Crippen LogP contribution in [0.15, 0.2) is 35.7 Å². The first-order valence-corrected chi connectivity index (χ1v) is 8.12. The Hall–Kier alpha value is -1.23. The lowest BCUT2D eigenvalue weighted by atomic mass is 10.3. The van der Waals surface area contributed by atoms with Crippen molar-refractivity contribution < 1.29 is 9.53 Å². The fraction of sp³-hybridized carbons (Fsp3) is 0.267. The molecular formula is C15H15Cl2NO2S. The summed E-state index contributed by atoms with van der Waals surface area (Å²) in [5.74, 6) is 0.229. The molecule has 0 bridgehead atoms. The zero-order valence-electron chi connectivity index (χ0n) is 11.4. The van der Waals surface area contributed by atoms with Crippen LogP contribution in [0.5, 0.6) is 5.75 Å². The molecule has 2 rings (SSSR count). The van der Waals surface area contributed by atoms with Gasteiger partial charge in [-0.3, -0.25) is 4.79 Å². The van der Waals surface area contributed by atoms with Gasteiger partial charge in [-0.25, -0.2) is 0 Å². The van der Waals surface area contributed by atoms with Gasteiger partial charge in [-0.2, -0.15) is 0 Å². The van der Waals surface area contributed by atoms with E-state index in [1.54, 1.807) is 36.5 Å². The highest BCUT2D eigenvalue weighted by atomic mass is 35.5. The predicted octanol–water partition coefficient (Wildman–Crippen LogP) is 4.18. The number of nitrogens with one attached hydrogen (secondary N) is 1. The monoisotopic (exact) mass is 343 g/mol. The Bertz CT molecular complexity index is 602. The maximum absolute atomic E-state index is 12.0. The average molecular weight is 344 g/mol. The molecule has 0 radical (unpaired) electrons. The number of benzene rings is 1. The molecule has 1 amide bonds. The van der Waals surface area contributed by atoms with E-state index in [4.69, 9.17) is 27.9 Å². The third-order valence-corrected chi connectivity index (χ3v) is 4.58.